The Morgan fingerprint density at radius 1 is 1.23 bits per heavy atom. The van der Waals surface area contributed by atoms with E-state index in [9.17, 15) is 10.1 Å². The molecule has 114 valence electrons. The average Bonchev–Trinajstić information content (AvgIpc) is 2.48. The second-order valence-electron chi connectivity index (χ2n) is 5.38. The number of aromatic amines is 1. The minimum atomic E-state index is -0.362. The van der Waals surface area contributed by atoms with Gasteiger partial charge in [-0.2, -0.15) is 5.26 Å². The number of benzene rings is 1. The van der Waals surface area contributed by atoms with Crippen LogP contribution >= 0.6 is 0 Å². The molecule has 0 radical (unpaired) electrons. The quantitative estimate of drug-likeness (QED) is 0.855. The van der Waals surface area contributed by atoms with Crippen LogP contribution < -0.4 is 10.3 Å². The number of rotatable bonds is 5. The maximum absolute atomic E-state index is 12.0. The van der Waals surface area contributed by atoms with E-state index in [1.807, 2.05) is 37.3 Å². The van der Waals surface area contributed by atoms with Gasteiger partial charge in [0.2, 0.25) is 0 Å². The molecule has 0 unspecified atom stereocenters. The van der Waals surface area contributed by atoms with Crippen LogP contribution in [-0.2, 0) is 0 Å². The van der Waals surface area contributed by atoms with Crippen molar-refractivity contribution in [3.8, 4) is 22.9 Å². The molecule has 0 aliphatic heterocycles. The number of nitrogens with one attached hydrogen (secondary N) is 1. The minimum Gasteiger partial charge on any atom is -0.493 e. The highest BCUT2D eigenvalue weighted by atomic mass is 16.5. The maximum Gasteiger partial charge on any atom is 0.266 e. The topological polar surface area (TPSA) is 65.9 Å². The summed E-state index contributed by atoms with van der Waals surface area (Å²) in [7, 11) is 0. The molecule has 0 bridgehead atoms. The molecule has 22 heavy (non-hydrogen) atoms. The lowest BCUT2D eigenvalue weighted by Gasteiger charge is -2.13. The van der Waals surface area contributed by atoms with E-state index in [2.05, 4.69) is 11.9 Å². The highest BCUT2D eigenvalue weighted by Gasteiger charge is 2.14. The number of pyridine rings is 1. The zero-order chi connectivity index (χ0) is 16.1. The van der Waals surface area contributed by atoms with Crippen LogP contribution in [0.3, 0.4) is 0 Å². The van der Waals surface area contributed by atoms with Crippen molar-refractivity contribution >= 4 is 0 Å². The van der Waals surface area contributed by atoms with Gasteiger partial charge in [-0.05, 0) is 38.5 Å². The van der Waals surface area contributed by atoms with Gasteiger partial charge in [0.15, 0.2) is 0 Å². The van der Waals surface area contributed by atoms with Crippen molar-refractivity contribution in [1.82, 2.24) is 4.98 Å². The van der Waals surface area contributed by atoms with Crippen LogP contribution in [0.5, 0.6) is 5.75 Å². The van der Waals surface area contributed by atoms with E-state index < -0.39 is 0 Å². The van der Waals surface area contributed by atoms with Gasteiger partial charge in [-0.25, -0.2) is 0 Å². The second kappa shape index (κ2) is 6.95. The number of H-pyrrole nitrogens is 1. The maximum atomic E-state index is 12.0. The first-order valence-electron chi connectivity index (χ1n) is 7.44. The van der Waals surface area contributed by atoms with Crippen molar-refractivity contribution in [2.24, 2.45) is 0 Å². The lowest BCUT2D eigenvalue weighted by Crippen LogP contribution is -2.13. The van der Waals surface area contributed by atoms with Crippen LogP contribution in [0, 0.1) is 25.2 Å². The number of aromatic nitrogens is 1. The summed E-state index contributed by atoms with van der Waals surface area (Å²) in [4.78, 5) is 14.7. The van der Waals surface area contributed by atoms with Crippen molar-refractivity contribution in [2.45, 2.75) is 33.6 Å². The first-order chi connectivity index (χ1) is 10.6. The van der Waals surface area contributed by atoms with Gasteiger partial charge >= 0.3 is 0 Å². The Bertz CT molecular complexity index is 770. The summed E-state index contributed by atoms with van der Waals surface area (Å²) in [6.07, 6.45) is 2.02. The van der Waals surface area contributed by atoms with Gasteiger partial charge in [-0.15, -0.1) is 0 Å². The Hall–Kier alpha value is -2.54. The van der Waals surface area contributed by atoms with Crippen LogP contribution in [0.4, 0.5) is 0 Å². The van der Waals surface area contributed by atoms with E-state index >= 15 is 0 Å². The third kappa shape index (κ3) is 3.37. The van der Waals surface area contributed by atoms with Gasteiger partial charge in [-0.3, -0.25) is 4.79 Å². The van der Waals surface area contributed by atoms with Gasteiger partial charge in [0.25, 0.3) is 5.56 Å². The normalized spacial score (nSPS) is 10.3. The molecule has 1 aromatic carbocycles. The molecular weight excluding hydrogens is 276 g/mol. The van der Waals surface area contributed by atoms with E-state index in [-0.39, 0.29) is 11.1 Å². The number of aryl methyl sites for hydroxylation is 2. The summed E-state index contributed by atoms with van der Waals surface area (Å²) in [5, 5.41) is 9.31. The van der Waals surface area contributed by atoms with Crippen LogP contribution in [-0.4, -0.2) is 11.6 Å². The van der Waals surface area contributed by atoms with E-state index in [4.69, 9.17) is 4.74 Å². The number of nitrogens with zero attached hydrogens (tertiary/aromatic N) is 1. The Morgan fingerprint density at radius 3 is 2.68 bits per heavy atom. The van der Waals surface area contributed by atoms with Crippen molar-refractivity contribution in [3.63, 3.8) is 0 Å². The number of hydrogen-bond acceptors (Lipinski definition) is 3. The summed E-state index contributed by atoms with van der Waals surface area (Å²) in [6.45, 7) is 6.51. The lowest BCUT2D eigenvalue weighted by molar-refractivity contribution is 0.310. The average molecular weight is 296 g/mol. The van der Waals surface area contributed by atoms with Gasteiger partial charge in [0.05, 0.1) is 6.61 Å². The van der Waals surface area contributed by atoms with Crippen molar-refractivity contribution in [1.29, 1.82) is 5.26 Å². The second-order valence-corrected chi connectivity index (χ2v) is 5.38. The molecule has 4 heteroatoms. The Labute approximate surface area is 130 Å². The van der Waals surface area contributed by atoms with E-state index in [1.165, 1.54) is 0 Å². The Kier molecular flexibility index (Phi) is 5.00. The molecule has 0 fully saturated rings. The smallest absolute Gasteiger partial charge is 0.266 e. The molecule has 0 atom stereocenters. The zero-order valence-corrected chi connectivity index (χ0v) is 13.2. The molecule has 2 aromatic rings. The summed E-state index contributed by atoms with van der Waals surface area (Å²) < 4.78 is 5.84. The van der Waals surface area contributed by atoms with E-state index in [0.29, 0.717) is 17.9 Å². The van der Waals surface area contributed by atoms with Gasteiger partial charge in [-0.1, -0.05) is 25.0 Å². The predicted molar refractivity (Wildman–Crippen MR) is 87.1 cm³/mol. The fourth-order valence-electron chi connectivity index (χ4n) is 2.32. The third-order valence-corrected chi connectivity index (χ3v) is 3.46. The summed E-state index contributed by atoms with van der Waals surface area (Å²) >= 11 is 0. The number of hydrogen-bond donors (Lipinski definition) is 1. The fraction of sp³-hybridized carbons (Fsp3) is 0.333. The van der Waals surface area contributed by atoms with Crippen LogP contribution in [0.1, 0.15) is 36.6 Å². The minimum absolute atomic E-state index is 0.122. The van der Waals surface area contributed by atoms with Gasteiger partial charge < -0.3 is 9.72 Å². The molecule has 1 aromatic heterocycles. The van der Waals surface area contributed by atoms with E-state index in [0.717, 1.165) is 29.7 Å². The highest BCUT2D eigenvalue weighted by Crippen LogP contribution is 2.32. The zero-order valence-electron chi connectivity index (χ0n) is 13.2. The third-order valence-electron chi connectivity index (χ3n) is 3.46. The largest absolute Gasteiger partial charge is 0.493 e. The summed E-state index contributed by atoms with van der Waals surface area (Å²) in [5.41, 5.74) is 2.95. The van der Waals surface area contributed by atoms with Crippen LogP contribution in [0.25, 0.3) is 11.1 Å². The molecule has 1 heterocycles. The summed E-state index contributed by atoms with van der Waals surface area (Å²) in [6, 6.07) is 9.65. The lowest BCUT2D eigenvalue weighted by atomic mass is 9.98. The molecule has 0 spiro atoms. The Balaban J connectivity index is 2.59. The molecule has 0 aliphatic rings. The Morgan fingerprint density at radius 2 is 2.00 bits per heavy atom. The van der Waals surface area contributed by atoms with E-state index in [1.54, 1.807) is 6.92 Å². The first-order valence-corrected chi connectivity index (χ1v) is 7.44. The molecule has 1 N–H and O–H groups in total. The molecule has 0 aliphatic carbocycles. The standard InChI is InChI=1S/C18H20N2O2/c1-4-5-8-22-17-7-6-12(2)9-15(17)14-10-13(3)20-18(21)16(14)11-19/h6-7,9-10H,4-5,8H2,1-3H3,(H,20,21). The van der Waals surface area contributed by atoms with Crippen LogP contribution in [0.15, 0.2) is 29.1 Å². The van der Waals surface area contributed by atoms with Gasteiger partial charge in [0, 0.05) is 16.8 Å². The van der Waals surface area contributed by atoms with Gasteiger partial charge in [0.1, 0.15) is 17.4 Å². The van der Waals surface area contributed by atoms with Crippen molar-refractivity contribution in [2.75, 3.05) is 6.61 Å². The number of nitriles is 1. The predicted octanol–water partition coefficient (Wildman–Crippen LogP) is 3.71. The van der Waals surface area contributed by atoms with Crippen molar-refractivity contribution < 1.29 is 4.74 Å². The number of ether oxygens (including phenoxy) is 1. The monoisotopic (exact) mass is 296 g/mol. The molecule has 0 saturated heterocycles. The fourth-order valence-corrected chi connectivity index (χ4v) is 2.32. The molecule has 0 saturated carbocycles. The first kappa shape index (κ1) is 15.8. The molecule has 0 amide bonds. The molecular formula is C18H20N2O2. The van der Waals surface area contributed by atoms with Crippen molar-refractivity contribution in [3.05, 3.63) is 51.4 Å². The van der Waals surface area contributed by atoms with Crippen LogP contribution in [0.2, 0.25) is 0 Å². The number of unbranched alkanes of at least 4 members (excludes halogenated alkanes) is 1. The molecule has 2 rings (SSSR count). The highest BCUT2D eigenvalue weighted by molar-refractivity contribution is 5.76. The SMILES string of the molecule is CCCCOc1ccc(C)cc1-c1cc(C)[nH]c(=O)c1C#N. The summed E-state index contributed by atoms with van der Waals surface area (Å²) in [5.74, 6) is 0.709. The molecule has 4 nitrogen and oxygen atoms in total.